The molecule has 0 aliphatic heterocycles. The van der Waals surface area contributed by atoms with E-state index in [1.807, 2.05) is 13.8 Å². The molecule has 2 atom stereocenters. The van der Waals surface area contributed by atoms with E-state index in [9.17, 15) is 9.50 Å². The number of ether oxygens (including phenoxy) is 2. The first-order valence-corrected chi connectivity index (χ1v) is 6.37. The zero-order chi connectivity index (χ0) is 14.4. The van der Waals surface area contributed by atoms with Gasteiger partial charge in [-0.25, -0.2) is 4.39 Å². The molecule has 0 heterocycles. The molecule has 4 nitrogen and oxygen atoms in total. The first-order chi connectivity index (χ1) is 8.90. The molecule has 0 spiro atoms. The van der Waals surface area contributed by atoms with Crippen molar-refractivity contribution < 1.29 is 19.0 Å². The third kappa shape index (κ3) is 5.55. The summed E-state index contributed by atoms with van der Waals surface area (Å²) in [7, 11) is 0. The fraction of sp³-hybridized carbons (Fsp3) is 0.571. The number of hydrogen-bond acceptors (Lipinski definition) is 4. The van der Waals surface area contributed by atoms with E-state index in [4.69, 9.17) is 15.2 Å². The highest BCUT2D eigenvalue weighted by atomic mass is 19.1. The number of hydrogen-bond donors (Lipinski definition) is 2. The molecular formula is C14H22FNO3. The van der Waals surface area contributed by atoms with Crippen molar-refractivity contribution >= 4 is 0 Å². The molecule has 108 valence electrons. The molecule has 0 saturated heterocycles. The Morgan fingerprint density at radius 2 is 1.95 bits per heavy atom. The van der Waals surface area contributed by atoms with Crippen LogP contribution in [0.3, 0.4) is 0 Å². The van der Waals surface area contributed by atoms with Gasteiger partial charge in [0.25, 0.3) is 0 Å². The van der Waals surface area contributed by atoms with E-state index >= 15 is 0 Å². The number of nitrogens with two attached hydrogens (primary N) is 1. The lowest BCUT2D eigenvalue weighted by atomic mass is 10.1. The monoisotopic (exact) mass is 271 g/mol. The highest BCUT2D eigenvalue weighted by molar-refractivity contribution is 5.30. The third-order valence-electron chi connectivity index (χ3n) is 2.53. The molecule has 1 unspecified atom stereocenters. The van der Waals surface area contributed by atoms with Crippen molar-refractivity contribution in [3.63, 3.8) is 0 Å². The Morgan fingerprint density at radius 1 is 1.26 bits per heavy atom. The van der Waals surface area contributed by atoms with Crippen molar-refractivity contribution in [2.75, 3.05) is 13.2 Å². The average molecular weight is 271 g/mol. The molecule has 0 amide bonds. The van der Waals surface area contributed by atoms with Gasteiger partial charge in [0.2, 0.25) is 0 Å². The second-order valence-corrected chi connectivity index (χ2v) is 4.82. The van der Waals surface area contributed by atoms with E-state index in [1.54, 1.807) is 19.1 Å². The van der Waals surface area contributed by atoms with E-state index in [0.717, 1.165) is 0 Å². The summed E-state index contributed by atoms with van der Waals surface area (Å²) in [6.07, 6.45) is -0.684. The molecule has 5 heteroatoms. The van der Waals surface area contributed by atoms with Crippen molar-refractivity contribution in [3.8, 4) is 5.75 Å². The Hall–Kier alpha value is -1.17. The fourth-order valence-electron chi connectivity index (χ4n) is 1.51. The molecule has 0 aliphatic rings. The van der Waals surface area contributed by atoms with Gasteiger partial charge in [-0.15, -0.1) is 0 Å². The van der Waals surface area contributed by atoms with Gasteiger partial charge in [-0.2, -0.15) is 0 Å². The largest absolute Gasteiger partial charge is 0.491 e. The Bertz CT molecular complexity index is 396. The van der Waals surface area contributed by atoms with Crippen molar-refractivity contribution in [3.05, 3.63) is 29.6 Å². The van der Waals surface area contributed by atoms with E-state index < -0.39 is 11.9 Å². The lowest BCUT2D eigenvalue weighted by Gasteiger charge is -2.15. The quantitative estimate of drug-likeness (QED) is 0.796. The van der Waals surface area contributed by atoms with Gasteiger partial charge in [0, 0.05) is 17.7 Å². The molecular weight excluding hydrogens is 249 g/mol. The predicted octanol–water partition coefficient (Wildman–Crippen LogP) is 2.01. The minimum absolute atomic E-state index is 0.0532. The van der Waals surface area contributed by atoms with Crippen molar-refractivity contribution in [2.45, 2.75) is 39.0 Å². The maximum Gasteiger partial charge on any atom is 0.131 e. The average Bonchev–Trinajstić information content (AvgIpc) is 2.33. The highest BCUT2D eigenvalue weighted by Gasteiger charge is 2.10. The van der Waals surface area contributed by atoms with Crippen LogP contribution in [0.5, 0.6) is 5.75 Å². The topological polar surface area (TPSA) is 64.7 Å². The Morgan fingerprint density at radius 3 is 2.47 bits per heavy atom. The van der Waals surface area contributed by atoms with Gasteiger partial charge in [-0.3, -0.25) is 0 Å². The van der Waals surface area contributed by atoms with Gasteiger partial charge in [0.1, 0.15) is 24.3 Å². The van der Waals surface area contributed by atoms with E-state index in [1.165, 1.54) is 6.07 Å². The minimum atomic E-state index is -0.737. The normalized spacial score (nSPS) is 14.5. The summed E-state index contributed by atoms with van der Waals surface area (Å²) in [6, 6.07) is 4.14. The number of benzene rings is 1. The Labute approximate surface area is 113 Å². The first kappa shape index (κ1) is 15.9. The van der Waals surface area contributed by atoms with Crippen LogP contribution in [0.4, 0.5) is 4.39 Å². The van der Waals surface area contributed by atoms with E-state index in [0.29, 0.717) is 11.3 Å². The van der Waals surface area contributed by atoms with Gasteiger partial charge in [-0.05, 0) is 26.8 Å². The lowest BCUT2D eigenvalue weighted by Crippen LogP contribution is -2.25. The molecule has 0 aromatic heterocycles. The van der Waals surface area contributed by atoms with Crippen LogP contribution < -0.4 is 10.5 Å². The summed E-state index contributed by atoms with van der Waals surface area (Å²) in [5.41, 5.74) is 6.06. The zero-order valence-corrected chi connectivity index (χ0v) is 11.6. The maximum absolute atomic E-state index is 13.6. The number of halogens is 1. The molecule has 1 aromatic rings. The molecule has 0 radical (unpaired) electrons. The lowest BCUT2D eigenvalue weighted by molar-refractivity contribution is -0.0123. The SMILES string of the molecule is CC(C)OCC(O)COc1ccc([C@@H](C)N)c(F)c1. The van der Waals surface area contributed by atoms with Crippen LogP contribution in [0.15, 0.2) is 18.2 Å². The zero-order valence-electron chi connectivity index (χ0n) is 11.6. The van der Waals surface area contributed by atoms with Gasteiger partial charge >= 0.3 is 0 Å². The molecule has 0 saturated carbocycles. The molecule has 1 rings (SSSR count). The minimum Gasteiger partial charge on any atom is -0.491 e. The van der Waals surface area contributed by atoms with Gasteiger partial charge in [0.05, 0.1) is 12.7 Å². The van der Waals surface area contributed by atoms with Crippen LogP contribution in [-0.2, 0) is 4.74 Å². The smallest absolute Gasteiger partial charge is 0.131 e. The van der Waals surface area contributed by atoms with Crippen LogP contribution in [0.1, 0.15) is 32.4 Å². The van der Waals surface area contributed by atoms with Gasteiger partial charge in [0.15, 0.2) is 0 Å². The third-order valence-corrected chi connectivity index (χ3v) is 2.53. The summed E-state index contributed by atoms with van der Waals surface area (Å²) in [5.74, 6) is -0.0362. The molecule has 1 aromatic carbocycles. The van der Waals surface area contributed by atoms with Crippen LogP contribution in [-0.4, -0.2) is 30.5 Å². The number of aliphatic hydroxyl groups excluding tert-OH is 1. The Kier molecular flexibility index (Phi) is 6.21. The molecule has 0 fully saturated rings. The molecule has 19 heavy (non-hydrogen) atoms. The number of aliphatic hydroxyl groups is 1. The highest BCUT2D eigenvalue weighted by Crippen LogP contribution is 2.20. The maximum atomic E-state index is 13.6. The summed E-state index contributed by atoms with van der Waals surface area (Å²) in [4.78, 5) is 0. The fourth-order valence-corrected chi connectivity index (χ4v) is 1.51. The standard InChI is InChI=1S/C14H22FNO3/c1-9(2)18-7-11(17)8-19-12-4-5-13(10(3)16)14(15)6-12/h4-6,9-11,17H,7-8,16H2,1-3H3/t10-,11?/m1/s1. The summed E-state index contributed by atoms with van der Waals surface area (Å²) in [6.45, 7) is 5.74. The second-order valence-electron chi connectivity index (χ2n) is 4.82. The van der Waals surface area contributed by atoms with Crippen molar-refractivity contribution in [2.24, 2.45) is 5.73 Å². The first-order valence-electron chi connectivity index (χ1n) is 6.37. The van der Waals surface area contributed by atoms with Gasteiger partial charge in [-0.1, -0.05) is 6.07 Å². The van der Waals surface area contributed by atoms with E-state index in [2.05, 4.69) is 0 Å². The van der Waals surface area contributed by atoms with Gasteiger partial charge < -0.3 is 20.3 Å². The molecule has 0 bridgehead atoms. The Balaban J connectivity index is 2.47. The summed E-state index contributed by atoms with van der Waals surface area (Å²) >= 11 is 0. The molecule has 0 aliphatic carbocycles. The summed E-state index contributed by atoms with van der Waals surface area (Å²) < 4.78 is 24.2. The van der Waals surface area contributed by atoms with Crippen LogP contribution >= 0.6 is 0 Å². The second kappa shape index (κ2) is 7.43. The van der Waals surface area contributed by atoms with Crippen molar-refractivity contribution in [1.82, 2.24) is 0 Å². The van der Waals surface area contributed by atoms with Crippen LogP contribution in [0.25, 0.3) is 0 Å². The van der Waals surface area contributed by atoms with Crippen LogP contribution in [0, 0.1) is 5.82 Å². The van der Waals surface area contributed by atoms with Crippen molar-refractivity contribution in [1.29, 1.82) is 0 Å². The molecule has 3 N–H and O–H groups in total. The number of rotatable bonds is 7. The summed E-state index contributed by atoms with van der Waals surface area (Å²) in [5, 5.41) is 9.61. The van der Waals surface area contributed by atoms with E-state index in [-0.39, 0.29) is 25.4 Å². The predicted molar refractivity (Wildman–Crippen MR) is 71.6 cm³/mol. The van der Waals surface area contributed by atoms with Crippen LogP contribution in [0.2, 0.25) is 0 Å².